The zero-order valence-electron chi connectivity index (χ0n) is 16.2. The summed E-state index contributed by atoms with van der Waals surface area (Å²) in [6.45, 7) is 0. The van der Waals surface area contributed by atoms with Crippen molar-refractivity contribution in [3.63, 3.8) is 0 Å². The molecule has 4 N–H and O–H groups in total. The molecule has 156 valence electrons. The van der Waals surface area contributed by atoms with Crippen LogP contribution in [0, 0.1) is 5.82 Å². The van der Waals surface area contributed by atoms with Gasteiger partial charge in [0, 0.05) is 38.3 Å². The Kier molecular flexibility index (Phi) is 6.36. The van der Waals surface area contributed by atoms with Gasteiger partial charge < -0.3 is 10.6 Å². The summed E-state index contributed by atoms with van der Waals surface area (Å²) in [6, 6.07) is 18.7. The highest BCUT2D eigenvalue weighted by Gasteiger charge is 2.12. The van der Waals surface area contributed by atoms with Gasteiger partial charge in [-0.25, -0.2) is 9.37 Å². The van der Waals surface area contributed by atoms with Gasteiger partial charge in [-0.15, -0.1) is 0 Å². The number of aromatic nitrogens is 1. The van der Waals surface area contributed by atoms with Gasteiger partial charge in [0.2, 0.25) is 5.91 Å². The van der Waals surface area contributed by atoms with Gasteiger partial charge in [0.1, 0.15) is 11.6 Å². The van der Waals surface area contributed by atoms with Gasteiger partial charge >= 0.3 is 0 Å². The number of nitrogens with two attached hydrogens (primary N) is 1. The lowest BCUT2D eigenvalue weighted by atomic mass is 10.1. The molecule has 3 aromatic carbocycles. The molecule has 0 unspecified atom stereocenters. The molecular formula is C23H18ClFN4OS. The quantitative estimate of drug-likeness (QED) is 0.316. The molecule has 0 saturated carbocycles. The van der Waals surface area contributed by atoms with Crippen molar-refractivity contribution in [2.75, 3.05) is 10.6 Å². The van der Waals surface area contributed by atoms with E-state index in [0.717, 1.165) is 33.2 Å². The maximum absolute atomic E-state index is 13.2. The van der Waals surface area contributed by atoms with Gasteiger partial charge in [-0.1, -0.05) is 29.8 Å². The second-order valence-corrected chi connectivity index (χ2v) is 7.88. The fourth-order valence-corrected chi connectivity index (χ4v) is 3.91. The first kappa shape index (κ1) is 21.1. The van der Waals surface area contributed by atoms with E-state index in [0.29, 0.717) is 22.2 Å². The van der Waals surface area contributed by atoms with Crippen LogP contribution in [0.1, 0.15) is 5.56 Å². The van der Waals surface area contributed by atoms with Crippen LogP contribution in [0.4, 0.5) is 21.6 Å². The fourth-order valence-electron chi connectivity index (χ4n) is 3.21. The standard InChI is InChI=1S/C23H18ClFN4OS/c24-20-4-2-1-3-14(20)11-22(30)28-17-12-19-18(21(13-17)31-26)9-10-27-23(19)29-16-7-5-15(25)6-8-16/h1-10,12-13H,11,26H2,(H,27,29)(H,28,30). The second kappa shape index (κ2) is 9.34. The first-order chi connectivity index (χ1) is 15.0. The van der Waals surface area contributed by atoms with Crippen LogP contribution in [-0.4, -0.2) is 10.9 Å². The number of anilines is 3. The number of rotatable bonds is 6. The average Bonchev–Trinajstić information content (AvgIpc) is 2.77. The summed E-state index contributed by atoms with van der Waals surface area (Å²) in [6.07, 6.45) is 1.82. The maximum Gasteiger partial charge on any atom is 0.228 e. The molecule has 0 aliphatic carbocycles. The first-order valence-corrected chi connectivity index (χ1v) is 10.6. The minimum absolute atomic E-state index is 0.149. The number of carbonyl (C=O) groups is 1. The van der Waals surface area contributed by atoms with Gasteiger partial charge in [-0.3, -0.25) is 9.93 Å². The van der Waals surface area contributed by atoms with E-state index in [9.17, 15) is 9.18 Å². The van der Waals surface area contributed by atoms with Crippen molar-refractivity contribution in [3.05, 3.63) is 89.3 Å². The summed E-state index contributed by atoms with van der Waals surface area (Å²) in [5, 5.41) is 14.2. The largest absolute Gasteiger partial charge is 0.340 e. The van der Waals surface area contributed by atoms with E-state index in [-0.39, 0.29) is 18.1 Å². The number of amides is 1. The lowest BCUT2D eigenvalue weighted by Gasteiger charge is -2.14. The topological polar surface area (TPSA) is 80.0 Å². The molecule has 0 fully saturated rings. The van der Waals surface area contributed by atoms with Gasteiger partial charge in [0.25, 0.3) is 0 Å². The minimum Gasteiger partial charge on any atom is -0.340 e. The van der Waals surface area contributed by atoms with Crippen LogP contribution < -0.4 is 15.8 Å². The molecule has 8 heteroatoms. The van der Waals surface area contributed by atoms with Crippen molar-refractivity contribution < 1.29 is 9.18 Å². The Hall–Kier alpha value is -3.13. The monoisotopic (exact) mass is 452 g/mol. The third kappa shape index (κ3) is 4.96. The van der Waals surface area contributed by atoms with E-state index in [2.05, 4.69) is 15.6 Å². The zero-order valence-corrected chi connectivity index (χ0v) is 17.8. The maximum atomic E-state index is 13.2. The van der Waals surface area contributed by atoms with E-state index in [4.69, 9.17) is 16.7 Å². The molecule has 1 aromatic heterocycles. The number of nitrogens with zero attached hydrogens (tertiary/aromatic N) is 1. The van der Waals surface area contributed by atoms with E-state index >= 15 is 0 Å². The van der Waals surface area contributed by atoms with Crippen molar-refractivity contribution in [2.45, 2.75) is 11.3 Å². The highest BCUT2D eigenvalue weighted by Crippen LogP contribution is 2.33. The Labute approximate surface area is 188 Å². The Morgan fingerprint density at radius 2 is 1.81 bits per heavy atom. The number of hydrogen-bond donors (Lipinski definition) is 3. The number of carbonyl (C=O) groups excluding carboxylic acids is 1. The highest BCUT2D eigenvalue weighted by molar-refractivity contribution is 7.97. The molecule has 0 spiro atoms. The molecular weight excluding hydrogens is 435 g/mol. The van der Waals surface area contributed by atoms with Crippen molar-refractivity contribution >= 4 is 57.4 Å². The third-order valence-electron chi connectivity index (χ3n) is 4.67. The number of benzene rings is 3. The molecule has 0 aliphatic heterocycles. The van der Waals surface area contributed by atoms with Crippen molar-refractivity contribution in [3.8, 4) is 0 Å². The summed E-state index contributed by atoms with van der Waals surface area (Å²) >= 11 is 7.25. The summed E-state index contributed by atoms with van der Waals surface area (Å²) < 4.78 is 13.2. The van der Waals surface area contributed by atoms with Crippen molar-refractivity contribution in [2.24, 2.45) is 5.14 Å². The summed E-state index contributed by atoms with van der Waals surface area (Å²) in [5.74, 6) is 0.0562. The number of fused-ring (bicyclic) bond motifs is 1. The molecule has 1 amide bonds. The van der Waals surface area contributed by atoms with Gasteiger partial charge in [0.15, 0.2) is 0 Å². The smallest absolute Gasteiger partial charge is 0.228 e. The summed E-state index contributed by atoms with van der Waals surface area (Å²) in [4.78, 5) is 17.8. The SMILES string of the molecule is NSc1cc(NC(=O)Cc2ccccc2Cl)cc2c(Nc3ccc(F)cc3)nccc12. The molecule has 0 bridgehead atoms. The number of nitrogens with one attached hydrogen (secondary N) is 2. The van der Waals surface area contributed by atoms with Crippen LogP contribution >= 0.6 is 23.5 Å². The minimum atomic E-state index is -0.318. The lowest BCUT2D eigenvalue weighted by molar-refractivity contribution is -0.115. The van der Waals surface area contributed by atoms with Crippen LogP contribution in [-0.2, 0) is 11.2 Å². The van der Waals surface area contributed by atoms with E-state index in [1.165, 1.54) is 12.1 Å². The van der Waals surface area contributed by atoms with E-state index in [1.807, 2.05) is 36.4 Å². The van der Waals surface area contributed by atoms with Crippen LogP contribution in [0.25, 0.3) is 10.8 Å². The Balaban J connectivity index is 1.65. The number of pyridine rings is 1. The van der Waals surface area contributed by atoms with Gasteiger partial charge in [-0.05, 0) is 66.0 Å². The molecule has 0 saturated heterocycles. The van der Waals surface area contributed by atoms with Crippen molar-refractivity contribution in [1.82, 2.24) is 4.98 Å². The fraction of sp³-hybridized carbons (Fsp3) is 0.0435. The van der Waals surface area contributed by atoms with Crippen LogP contribution in [0.3, 0.4) is 0 Å². The van der Waals surface area contributed by atoms with Crippen molar-refractivity contribution in [1.29, 1.82) is 0 Å². The Bertz CT molecular complexity index is 1250. The molecule has 1 heterocycles. The third-order valence-corrected chi connectivity index (χ3v) is 5.63. The molecule has 0 atom stereocenters. The molecule has 0 aliphatic rings. The predicted molar refractivity (Wildman–Crippen MR) is 125 cm³/mol. The van der Waals surface area contributed by atoms with Crippen LogP contribution in [0.5, 0.6) is 0 Å². The van der Waals surface area contributed by atoms with Gasteiger partial charge in [0.05, 0.1) is 6.42 Å². The molecule has 5 nitrogen and oxygen atoms in total. The first-order valence-electron chi connectivity index (χ1n) is 9.39. The molecule has 31 heavy (non-hydrogen) atoms. The van der Waals surface area contributed by atoms with Crippen LogP contribution in [0.15, 0.2) is 77.8 Å². The van der Waals surface area contributed by atoms with E-state index in [1.54, 1.807) is 24.4 Å². The second-order valence-electron chi connectivity index (χ2n) is 6.80. The lowest BCUT2D eigenvalue weighted by Crippen LogP contribution is -2.14. The summed E-state index contributed by atoms with van der Waals surface area (Å²) in [7, 11) is 0. The zero-order chi connectivity index (χ0) is 21.8. The average molecular weight is 453 g/mol. The molecule has 4 aromatic rings. The van der Waals surface area contributed by atoms with Crippen LogP contribution in [0.2, 0.25) is 5.02 Å². The normalized spacial score (nSPS) is 10.8. The van der Waals surface area contributed by atoms with Gasteiger partial charge in [-0.2, -0.15) is 0 Å². The van der Waals surface area contributed by atoms with E-state index < -0.39 is 0 Å². The Morgan fingerprint density at radius 3 is 2.55 bits per heavy atom. The number of hydrogen-bond acceptors (Lipinski definition) is 5. The summed E-state index contributed by atoms with van der Waals surface area (Å²) in [5.41, 5.74) is 2.03. The number of halogens is 2. The predicted octanol–water partition coefficient (Wildman–Crippen LogP) is 5.92. The molecule has 4 rings (SSSR count). The Morgan fingerprint density at radius 1 is 1.03 bits per heavy atom. The molecule has 0 radical (unpaired) electrons. The highest BCUT2D eigenvalue weighted by atomic mass is 35.5.